The minimum absolute atomic E-state index is 0.117. The van der Waals surface area contributed by atoms with Gasteiger partial charge in [0.05, 0.1) is 10.7 Å². The van der Waals surface area contributed by atoms with Crippen LogP contribution in [0.3, 0.4) is 0 Å². The highest BCUT2D eigenvalue weighted by atomic mass is 35.5. The van der Waals surface area contributed by atoms with E-state index in [9.17, 15) is 4.79 Å². The second kappa shape index (κ2) is 8.24. The monoisotopic (exact) mass is 468 g/mol. The Labute approximate surface area is 195 Å². The molecule has 0 unspecified atom stereocenters. The van der Waals surface area contributed by atoms with Gasteiger partial charge in [0.2, 0.25) is 5.95 Å². The predicted octanol–water partition coefficient (Wildman–Crippen LogP) is 4.86. The topological polar surface area (TPSA) is 76.8 Å². The summed E-state index contributed by atoms with van der Waals surface area (Å²) in [4.78, 5) is 22.2. The molecule has 0 amide bonds. The fraction of sp³-hybridized carbons (Fsp3) is 0.261. The molecule has 4 aromatic rings. The van der Waals surface area contributed by atoms with Crippen LogP contribution in [0.25, 0.3) is 16.7 Å². The van der Waals surface area contributed by atoms with E-state index in [0.717, 1.165) is 25.2 Å². The lowest BCUT2D eigenvalue weighted by molar-refractivity contribution is 0.476. The molecule has 0 saturated heterocycles. The number of aromatic nitrogens is 4. The molecule has 0 radical (unpaired) electrons. The first-order chi connectivity index (χ1) is 15.4. The molecule has 0 aliphatic carbocycles. The van der Waals surface area contributed by atoms with E-state index >= 15 is 0 Å². The molecule has 9 heteroatoms. The SMILES string of the molecule is CC(C)n1c(=O)c2cnc(Nc3ccc4c(c3)CCNC4)nc2n1-c1ccc(Cl)cc1Cl. The van der Waals surface area contributed by atoms with Gasteiger partial charge in [0, 0.05) is 29.5 Å². The Morgan fingerprint density at radius 3 is 2.75 bits per heavy atom. The number of rotatable bonds is 4. The fourth-order valence-electron chi connectivity index (χ4n) is 4.09. The van der Waals surface area contributed by atoms with Gasteiger partial charge in [-0.2, -0.15) is 4.98 Å². The lowest BCUT2D eigenvalue weighted by Crippen LogP contribution is -2.24. The molecule has 1 aliphatic rings. The first-order valence-corrected chi connectivity index (χ1v) is 11.2. The minimum Gasteiger partial charge on any atom is -0.324 e. The normalized spacial score (nSPS) is 13.5. The fourth-order valence-corrected chi connectivity index (χ4v) is 4.58. The molecule has 2 aromatic heterocycles. The Kier molecular flexibility index (Phi) is 5.41. The number of nitrogens with zero attached hydrogens (tertiary/aromatic N) is 4. The van der Waals surface area contributed by atoms with Gasteiger partial charge < -0.3 is 10.6 Å². The van der Waals surface area contributed by atoms with Crippen molar-refractivity contribution in [2.45, 2.75) is 32.9 Å². The Morgan fingerprint density at radius 1 is 1.12 bits per heavy atom. The van der Waals surface area contributed by atoms with Crippen LogP contribution in [0, 0.1) is 0 Å². The maximum Gasteiger partial charge on any atom is 0.278 e. The molecule has 32 heavy (non-hydrogen) atoms. The van der Waals surface area contributed by atoms with E-state index in [0.29, 0.717) is 32.7 Å². The number of anilines is 2. The summed E-state index contributed by atoms with van der Waals surface area (Å²) in [5.74, 6) is 0.408. The Morgan fingerprint density at radius 2 is 1.97 bits per heavy atom. The minimum atomic E-state index is -0.172. The molecule has 1 aliphatic heterocycles. The van der Waals surface area contributed by atoms with Crippen molar-refractivity contribution in [3.8, 4) is 5.69 Å². The zero-order valence-corrected chi connectivity index (χ0v) is 19.2. The largest absolute Gasteiger partial charge is 0.324 e. The van der Waals surface area contributed by atoms with Crippen LogP contribution in [-0.2, 0) is 13.0 Å². The smallest absolute Gasteiger partial charge is 0.278 e. The number of benzene rings is 2. The summed E-state index contributed by atoms with van der Waals surface area (Å²) in [5, 5.41) is 8.04. The summed E-state index contributed by atoms with van der Waals surface area (Å²) >= 11 is 12.6. The average molecular weight is 469 g/mol. The number of fused-ring (bicyclic) bond motifs is 2. The maximum absolute atomic E-state index is 13.1. The van der Waals surface area contributed by atoms with Gasteiger partial charge >= 0.3 is 0 Å². The zero-order chi connectivity index (χ0) is 22.4. The molecule has 0 atom stereocenters. The van der Waals surface area contributed by atoms with Crippen LogP contribution >= 0.6 is 23.2 Å². The van der Waals surface area contributed by atoms with Gasteiger partial charge in [-0.3, -0.25) is 4.79 Å². The van der Waals surface area contributed by atoms with Crippen molar-refractivity contribution in [1.29, 1.82) is 0 Å². The quantitative estimate of drug-likeness (QED) is 0.447. The van der Waals surface area contributed by atoms with Gasteiger partial charge in [-0.1, -0.05) is 29.3 Å². The van der Waals surface area contributed by atoms with Gasteiger partial charge in [-0.15, -0.1) is 0 Å². The lowest BCUT2D eigenvalue weighted by atomic mass is 10.0. The van der Waals surface area contributed by atoms with E-state index in [1.54, 1.807) is 33.8 Å². The molecule has 0 saturated carbocycles. The van der Waals surface area contributed by atoms with Crippen molar-refractivity contribution in [1.82, 2.24) is 24.6 Å². The van der Waals surface area contributed by atoms with Gasteiger partial charge in [0.1, 0.15) is 5.39 Å². The zero-order valence-electron chi connectivity index (χ0n) is 17.7. The van der Waals surface area contributed by atoms with Crippen molar-refractivity contribution in [2.75, 3.05) is 11.9 Å². The molecular formula is C23H22Cl2N6O. The molecular weight excluding hydrogens is 447 g/mol. The van der Waals surface area contributed by atoms with Crippen LogP contribution in [0.5, 0.6) is 0 Å². The van der Waals surface area contributed by atoms with Crippen molar-refractivity contribution < 1.29 is 0 Å². The molecule has 3 heterocycles. The Hall–Kier alpha value is -2.87. The number of hydrogen-bond donors (Lipinski definition) is 2. The second-order valence-electron chi connectivity index (χ2n) is 8.12. The Bertz CT molecular complexity index is 1390. The van der Waals surface area contributed by atoms with E-state index < -0.39 is 0 Å². The van der Waals surface area contributed by atoms with Crippen LogP contribution < -0.4 is 16.2 Å². The molecule has 164 valence electrons. The number of nitrogens with one attached hydrogen (secondary N) is 2. The predicted molar refractivity (Wildman–Crippen MR) is 129 cm³/mol. The van der Waals surface area contributed by atoms with Crippen molar-refractivity contribution >= 4 is 45.9 Å². The van der Waals surface area contributed by atoms with E-state index in [4.69, 9.17) is 28.2 Å². The molecule has 0 spiro atoms. The summed E-state index contributed by atoms with van der Waals surface area (Å²) in [7, 11) is 0. The first-order valence-electron chi connectivity index (χ1n) is 10.5. The van der Waals surface area contributed by atoms with Crippen LogP contribution in [0.2, 0.25) is 10.0 Å². The molecule has 5 rings (SSSR count). The van der Waals surface area contributed by atoms with Gasteiger partial charge in [0.15, 0.2) is 5.65 Å². The summed E-state index contributed by atoms with van der Waals surface area (Å²) in [5.41, 5.74) is 4.46. The van der Waals surface area contributed by atoms with Crippen LogP contribution in [0.4, 0.5) is 11.6 Å². The summed E-state index contributed by atoms with van der Waals surface area (Å²) in [6.45, 7) is 5.73. The highest BCUT2D eigenvalue weighted by molar-refractivity contribution is 6.35. The van der Waals surface area contributed by atoms with E-state index in [-0.39, 0.29) is 11.6 Å². The summed E-state index contributed by atoms with van der Waals surface area (Å²) < 4.78 is 3.37. The lowest BCUT2D eigenvalue weighted by Gasteiger charge is -2.18. The molecule has 2 aromatic carbocycles. The first kappa shape index (κ1) is 21.0. The van der Waals surface area contributed by atoms with Crippen molar-refractivity contribution in [2.24, 2.45) is 0 Å². The van der Waals surface area contributed by atoms with Crippen LogP contribution in [0.1, 0.15) is 31.0 Å². The summed E-state index contributed by atoms with van der Waals surface area (Å²) in [6.07, 6.45) is 2.55. The van der Waals surface area contributed by atoms with E-state index in [1.165, 1.54) is 11.1 Å². The standard InChI is InChI=1S/C23H22Cl2N6O/c1-13(2)30-22(32)18-12-27-23(28-17-5-3-15-11-26-8-7-14(15)9-17)29-21(18)31(30)20-6-4-16(24)10-19(20)25/h3-6,9-10,12-13,26H,7-8,11H2,1-2H3,(H,27,28,29). The highest BCUT2D eigenvalue weighted by Gasteiger charge is 2.21. The third-order valence-electron chi connectivity index (χ3n) is 5.60. The molecule has 2 N–H and O–H groups in total. The van der Waals surface area contributed by atoms with E-state index in [1.807, 2.05) is 19.9 Å². The third-order valence-corrected chi connectivity index (χ3v) is 6.14. The molecule has 0 fully saturated rings. The van der Waals surface area contributed by atoms with Crippen molar-refractivity contribution in [3.05, 3.63) is 74.1 Å². The highest BCUT2D eigenvalue weighted by Crippen LogP contribution is 2.28. The van der Waals surface area contributed by atoms with Crippen molar-refractivity contribution in [3.63, 3.8) is 0 Å². The van der Waals surface area contributed by atoms with Gasteiger partial charge in [-0.25, -0.2) is 14.3 Å². The van der Waals surface area contributed by atoms with Gasteiger partial charge in [0.25, 0.3) is 5.56 Å². The number of hydrogen-bond acceptors (Lipinski definition) is 5. The third kappa shape index (κ3) is 3.66. The molecule has 7 nitrogen and oxygen atoms in total. The summed E-state index contributed by atoms with van der Waals surface area (Å²) in [6, 6.07) is 11.3. The molecule has 0 bridgehead atoms. The Balaban J connectivity index is 1.64. The maximum atomic E-state index is 13.1. The van der Waals surface area contributed by atoms with Gasteiger partial charge in [-0.05, 0) is 68.3 Å². The second-order valence-corrected chi connectivity index (χ2v) is 8.96. The van der Waals surface area contributed by atoms with Crippen LogP contribution in [-0.4, -0.2) is 25.9 Å². The van der Waals surface area contributed by atoms with E-state index in [2.05, 4.69) is 27.8 Å². The average Bonchev–Trinajstić information content (AvgIpc) is 3.05. The van der Waals surface area contributed by atoms with Crippen LogP contribution in [0.15, 0.2) is 47.4 Å². The number of halogens is 2.